The highest BCUT2D eigenvalue weighted by Gasteiger charge is 2.37. The van der Waals surface area contributed by atoms with Gasteiger partial charge in [0.2, 0.25) is 0 Å². The van der Waals surface area contributed by atoms with Gasteiger partial charge >= 0.3 is 5.97 Å². The van der Waals surface area contributed by atoms with Crippen molar-refractivity contribution in [3.05, 3.63) is 17.0 Å². The standard InChI is InChI=1S/C12H16N2O4/c1-7-10(8(2)18-13-7)11(15)14-6-4-5-9(14)12(16)17-3/h9H,4-6H2,1-3H3. The number of carbonyl (C=O) groups excluding carboxylic acids is 2. The summed E-state index contributed by atoms with van der Waals surface area (Å²) in [7, 11) is 1.33. The van der Waals surface area contributed by atoms with E-state index < -0.39 is 6.04 Å². The zero-order valence-corrected chi connectivity index (χ0v) is 10.7. The fourth-order valence-corrected chi connectivity index (χ4v) is 2.32. The van der Waals surface area contributed by atoms with E-state index in [1.54, 1.807) is 18.7 Å². The molecule has 1 unspecified atom stereocenters. The van der Waals surface area contributed by atoms with Crippen LogP contribution in [0.3, 0.4) is 0 Å². The molecule has 1 saturated heterocycles. The van der Waals surface area contributed by atoms with Crippen molar-refractivity contribution < 1.29 is 18.8 Å². The molecule has 1 aliphatic rings. The number of likely N-dealkylation sites (tertiary alicyclic amines) is 1. The average molecular weight is 252 g/mol. The molecule has 2 rings (SSSR count). The quantitative estimate of drug-likeness (QED) is 0.736. The van der Waals surface area contributed by atoms with E-state index in [2.05, 4.69) is 5.16 Å². The fourth-order valence-electron chi connectivity index (χ4n) is 2.32. The summed E-state index contributed by atoms with van der Waals surface area (Å²) in [5.41, 5.74) is 0.999. The smallest absolute Gasteiger partial charge is 0.328 e. The van der Waals surface area contributed by atoms with E-state index in [0.29, 0.717) is 30.0 Å². The predicted octanol–water partition coefficient (Wildman–Crippen LogP) is 1.07. The molecule has 1 aromatic heterocycles. The number of ether oxygens (including phenoxy) is 1. The van der Waals surface area contributed by atoms with Crippen molar-refractivity contribution in [2.45, 2.75) is 32.7 Å². The van der Waals surface area contributed by atoms with Gasteiger partial charge in [0.1, 0.15) is 17.4 Å². The first kappa shape index (κ1) is 12.6. The van der Waals surface area contributed by atoms with Gasteiger partial charge < -0.3 is 14.2 Å². The van der Waals surface area contributed by atoms with Crippen molar-refractivity contribution in [2.75, 3.05) is 13.7 Å². The van der Waals surface area contributed by atoms with Crippen LogP contribution in [0.1, 0.15) is 34.7 Å². The summed E-state index contributed by atoms with van der Waals surface area (Å²) >= 11 is 0. The molecule has 1 aliphatic heterocycles. The fraction of sp³-hybridized carbons (Fsp3) is 0.583. The number of esters is 1. The minimum atomic E-state index is -0.490. The molecule has 1 fully saturated rings. The summed E-state index contributed by atoms with van der Waals surface area (Å²) in [5.74, 6) is -0.0974. The molecule has 0 radical (unpaired) electrons. The van der Waals surface area contributed by atoms with Gasteiger partial charge in [-0.3, -0.25) is 4.79 Å². The molecule has 1 atom stereocenters. The van der Waals surface area contributed by atoms with Gasteiger partial charge in [0.25, 0.3) is 5.91 Å². The molecule has 18 heavy (non-hydrogen) atoms. The minimum absolute atomic E-state index is 0.209. The Morgan fingerprint density at radius 1 is 1.44 bits per heavy atom. The molecule has 0 aliphatic carbocycles. The Balaban J connectivity index is 2.26. The molecule has 0 saturated carbocycles. The van der Waals surface area contributed by atoms with Crippen LogP contribution in [0.25, 0.3) is 0 Å². The number of aryl methyl sites for hydroxylation is 2. The lowest BCUT2D eigenvalue weighted by atomic mass is 10.1. The number of rotatable bonds is 2. The van der Waals surface area contributed by atoms with Crippen molar-refractivity contribution in [1.82, 2.24) is 10.1 Å². The van der Waals surface area contributed by atoms with E-state index in [1.165, 1.54) is 7.11 Å². The number of nitrogens with zero attached hydrogens (tertiary/aromatic N) is 2. The van der Waals surface area contributed by atoms with Crippen molar-refractivity contribution >= 4 is 11.9 Å². The van der Waals surface area contributed by atoms with Gasteiger partial charge in [0.15, 0.2) is 0 Å². The minimum Gasteiger partial charge on any atom is -0.467 e. The van der Waals surface area contributed by atoms with Crippen molar-refractivity contribution in [3.63, 3.8) is 0 Å². The highest BCUT2D eigenvalue weighted by atomic mass is 16.5. The van der Waals surface area contributed by atoms with Crippen molar-refractivity contribution in [1.29, 1.82) is 0 Å². The van der Waals surface area contributed by atoms with Crippen LogP contribution in [0, 0.1) is 13.8 Å². The topological polar surface area (TPSA) is 72.6 Å². The summed E-state index contributed by atoms with van der Waals surface area (Å²) in [6.45, 7) is 3.96. The highest BCUT2D eigenvalue weighted by molar-refractivity contribution is 5.98. The molecule has 0 aromatic carbocycles. The van der Waals surface area contributed by atoms with Gasteiger partial charge in [-0.15, -0.1) is 0 Å². The molecule has 98 valence electrons. The number of aromatic nitrogens is 1. The molecular weight excluding hydrogens is 236 g/mol. The number of hydrogen-bond acceptors (Lipinski definition) is 5. The Kier molecular flexibility index (Phi) is 3.36. The van der Waals surface area contributed by atoms with Crippen LogP contribution in [0.15, 0.2) is 4.52 Å². The summed E-state index contributed by atoms with van der Waals surface area (Å²) in [6.07, 6.45) is 1.44. The number of hydrogen-bond donors (Lipinski definition) is 0. The van der Waals surface area contributed by atoms with E-state index in [-0.39, 0.29) is 11.9 Å². The van der Waals surface area contributed by atoms with Gasteiger partial charge in [-0.25, -0.2) is 4.79 Å². The maximum absolute atomic E-state index is 12.4. The largest absolute Gasteiger partial charge is 0.467 e. The molecule has 1 amide bonds. The summed E-state index contributed by atoms with van der Waals surface area (Å²) in [6, 6.07) is -0.490. The molecule has 0 bridgehead atoms. The predicted molar refractivity (Wildman–Crippen MR) is 62.1 cm³/mol. The summed E-state index contributed by atoms with van der Waals surface area (Å²) < 4.78 is 9.70. The number of carbonyl (C=O) groups is 2. The summed E-state index contributed by atoms with van der Waals surface area (Å²) in [5, 5.41) is 3.76. The SMILES string of the molecule is COC(=O)C1CCCN1C(=O)c1c(C)noc1C. The highest BCUT2D eigenvalue weighted by Crippen LogP contribution is 2.23. The average Bonchev–Trinajstić information content (AvgIpc) is 2.95. The van der Waals surface area contributed by atoms with E-state index in [1.807, 2.05) is 0 Å². The van der Waals surface area contributed by atoms with Crippen molar-refractivity contribution in [3.8, 4) is 0 Å². The van der Waals surface area contributed by atoms with Crippen LogP contribution in [0.4, 0.5) is 0 Å². The first-order valence-electron chi connectivity index (χ1n) is 5.88. The molecule has 2 heterocycles. The second-order valence-corrected chi connectivity index (χ2v) is 4.38. The molecule has 1 aromatic rings. The van der Waals surface area contributed by atoms with Gasteiger partial charge in [-0.2, -0.15) is 0 Å². The second-order valence-electron chi connectivity index (χ2n) is 4.38. The van der Waals surface area contributed by atoms with E-state index in [0.717, 1.165) is 6.42 Å². The Hall–Kier alpha value is -1.85. The molecule has 0 N–H and O–H groups in total. The lowest BCUT2D eigenvalue weighted by Crippen LogP contribution is -2.41. The normalized spacial score (nSPS) is 19.1. The van der Waals surface area contributed by atoms with Crippen LogP contribution in [-0.2, 0) is 9.53 Å². The maximum Gasteiger partial charge on any atom is 0.328 e. The third-order valence-electron chi connectivity index (χ3n) is 3.23. The Labute approximate surface area is 105 Å². The third-order valence-corrected chi connectivity index (χ3v) is 3.23. The second kappa shape index (κ2) is 4.80. The molecule has 0 spiro atoms. The molecular formula is C12H16N2O4. The van der Waals surface area contributed by atoms with Gasteiger partial charge in [0, 0.05) is 6.54 Å². The van der Waals surface area contributed by atoms with Crippen LogP contribution < -0.4 is 0 Å². The van der Waals surface area contributed by atoms with Gasteiger partial charge in [0.05, 0.1) is 12.8 Å². The van der Waals surface area contributed by atoms with Crippen LogP contribution in [-0.4, -0.2) is 41.6 Å². The monoisotopic (exact) mass is 252 g/mol. The first-order valence-corrected chi connectivity index (χ1v) is 5.88. The Morgan fingerprint density at radius 2 is 2.17 bits per heavy atom. The molecule has 6 heteroatoms. The lowest BCUT2D eigenvalue weighted by Gasteiger charge is -2.22. The lowest BCUT2D eigenvalue weighted by molar-refractivity contribution is -0.145. The zero-order valence-electron chi connectivity index (χ0n) is 10.7. The number of amides is 1. The number of methoxy groups -OCH3 is 1. The zero-order chi connectivity index (χ0) is 13.3. The molecule has 6 nitrogen and oxygen atoms in total. The van der Waals surface area contributed by atoms with E-state index in [4.69, 9.17) is 9.26 Å². The van der Waals surface area contributed by atoms with Crippen LogP contribution in [0.5, 0.6) is 0 Å². The Morgan fingerprint density at radius 3 is 2.72 bits per heavy atom. The van der Waals surface area contributed by atoms with E-state index >= 15 is 0 Å². The van der Waals surface area contributed by atoms with Gasteiger partial charge in [-0.05, 0) is 26.7 Å². The van der Waals surface area contributed by atoms with Gasteiger partial charge in [-0.1, -0.05) is 5.16 Å². The summed E-state index contributed by atoms with van der Waals surface area (Å²) in [4.78, 5) is 25.6. The third kappa shape index (κ3) is 1.98. The van der Waals surface area contributed by atoms with E-state index in [9.17, 15) is 9.59 Å². The van der Waals surface area contributed by atoms with Crippen LogP contribution in [0.2, 0.25) is 0 Å². The first-order chi connectivity index (χ1) is 8.56. The van der Waals surface area contributed by atoms with Crippen LogP contribution >= 0.6 is 0 Å². The van der Waals surface area contributed by atoms with Crippen molar-refractivity contribution in [2.24, 2.45) is 0 Å². The Bertz CT molecular complexity index is 461. The maximum atomic E-state index is 12.4.